The topological polar surface area (TPSA) is 11.4 Å². The molecule has 0 unspecified atom stereocenters. The fourth-order valence-electron chi connectivity index (χ4n) is 16.8. The normalized spacial score (nSPS) is 12.4. The third-order valence-electron chi connectivity index (χ3n) is 20.9. The zero-order chi connectivity index (χ0) is 64.4. The molecule has 0 saturated heterocycles. The Morgan fingerprint density at radius 3 is 0.827 bits per heavy atom. The maximum Gasteiger partial charge on any atom is 0.252 e. The molecule has 0 fully saturated rings. The van der Waals surface area contributed by atoms with Crippen LogP contribution in [0.3, 0.4) is 0 Å². The lowest BCUT2D eigenvalue weighted by Crippen LogP contribution is -2.61. The van der Waals surface area contributed by atoms with Crippen molar-refractivity contribution in [2.75, 3.05) is 9.80 Å². The van der Waals surface area contributed by atoms with Gasteiger partial charge in [-0.3, -0.25) is 0 Å². The van der Waals surface area contributed by atoms with Gasteiger partial charge in [0, 0.05) is 66.5 Å². The molecule has 0 radical (unpaired) electrons. The van der Waals surface area contributed by atoms with Gasteiger partial charge in [-0.1, -0.05) is 340 Å². The van der Waals surface area contributed by atoms with Gasteiger partial charge in [0.15, 0.2) is 0 Å². The van der Waals surface area contributed by atoms with E-state index in [2.05, 4.69) is 378 Å². The Balaban J connectivity index is 1.03. The molecule has 0 saturated carbocycles. The first-order valence-electron chi connectivity index (χ1n) is 34.0. The summed E-state index contributed by atoms with van der Waals surface area (Å²) in [5, 5.41) is 12.3. The highest BCUT2D eigenvalue weighted by Crippen LogP contribution is 2.55. The third-order valence-corrected chi connectivity index (χ3v) is 20.9. The quantitative estimate of drug-likeness (QED) is 0.105. The van der Waals surface area contributed by atoms with Crippen molar-refractivity contribution in [3.05, 3.63) is 364 Å². The molecule has 4 heteroatoms. The van der Waals surface area contributed by atoms with Gasteiger partial charge in [0.25, 0.3) is 6.71 Å². The van der Waals surface area contributed by atoms with Crippen LogP contribution in [-0.2, 0) is 0 Å². The highest BCUT2D eigenvalue weighted by molar-refractivity contribution is 7.00. The first-order valence-corrected chi connectivity index (χ1v) is 34.0. The first kappa shape index (κ1) is 55.7. The van der Waals surface area contributed by atoms with Gasteiger partial charge in [0.1, 0.15) is 0 Å². The Morgan fingerprint density at radius 2 is 0.490 bits per heavy atom. The number of aromatic nitrogens is 1. The maximum absolute atomic E-state index is 2.70. The molecule has 0 atom stereocenters. The van der Waals surface area contributed by atoms with Gasteiger partial charge in [-0.2, -0.15) is 0 Å². The van der Waals surface area contributed by atoms with Gasteiger partial charge >= 0.3 is 0 Å². The summed E-state index contributed by atoms with van der Waals surface area (Å²) in [6, 6.07) is 136. The summed E-state index contributed by atoms with van der Waals surface area (Å²) in [6.45, 7) is -0.264. The number of hydrogen-bond donors (Lipinski definition) is 0. The lowest BCUT2D eigenvalue weighted by molar-refractivity contribution is 1.17. The van der Waals surface area contributed by atoms with Crippen LogP contribution >= 0.6 is 0 Å². The lowest BCUT2D eigenvalue weighted by atomic mass is 9.33. The van der Waals surface area contributed by atoms with Crippen LogP contribution in [0.1, 0.15) is 0 Å². The molecule has 3 heterocycles. The Morgan fingerprint density at radius 1 is 0.204 bits per heavy atom. The van der Waals surface area contributed by atoms with Gasteiger partial charge < -0.3 is 14.4 Å². The van der Waals surface area contributed by atoms with Gasteiger partial charge in [0.2, 0.25) is 0 Å². The summed E-state index contributed by atoms with van der Waals surface area (Å²) < 4.78 is 2.70. The molecule has 454 valence electrons. The van der Waals surface area contributed by atoms with E-state index in [0.717, 1.165) is 95.4 Å². The maximum atomic E-state index is 2.70. The fourth-order valence-corrected chi connectivity index (χ4v) is 16.8. The molecule has 20 rings (SSSR count). The minimum atomic E-state index is -0.264. The Labute approximate surface area is 569 Å². The van der Waals surface area contributed by atoms with Crippen molar-refractivity contribution in [2.45, 2.75) is 0 Å². The molecule has 18 aromatic rings. The van der Waals surface area contributed by atoms with E-state index in [9.17, 15) is 0 Å². The predicted molar refractivity (Wildman–Crippen MR) is 417 cm³/mol. The van der Waals surface area contributed by atoms with Crippen molar-refractivity contribution in [1.82, 2.24) is 4.57 Å². The molecule has 1 aromatic heterocycles. The summed E-state index contributed by atoms with van der Waals surface area (Å²) in [4.78, 5) is 5.38. The summed E-state index contributed by atoms with van der Waals surface area (Å²) in [5.74, 6) is 0. The Hall–Kier alpha value is -12.8. The molecule has 2 aliphatic heterocycles. The summed E-state index contributed by atoms with van der Waals surface area (Å²) in [6.07, 6.45) is 0. The van der Waals surface area contributed by atoms with Crippen molar-refractivity contribution in [1.29, 1.82) is 0 Å². The van der Waals surface area contributed by atoms with Crippen LogP contribution in [0.5, 0.6) is 0 Å². The highest BCUT2D eigenvalue weighted by Gasteiger charge is 2.46. The van der Waals surface area contributed by atoms with E-state index in [-0.39, 0.29) is 6.71 Å². The minimum Gasteiger partial charge on any atom is -0.310 e. The number of para-hydroxylation sites is 2. The molecule has 0 spiro atoms. The van der Waals surface area contributed by atoms with E-state index in [1.807, 2.05) is 0 Å². The van der Waals surface area contributed by atoms with Crippen molar-refractivity contribution in [2.24, 2.45) is 0 Å². The second kappa shape index (κ2) is 22.5. The van der Waals surface area contributed by atoms with Crippen molar-refractivity contribution in [3.63, 3.8) is 0 Å². The number of hydrogen-bond acceptors (Lipinski definition) is 2. The van der Waals surface area contributed by atoms with E-state index >= 15 is 0 Å². The standard InChI is InChI=1S/C94H60BN3/c1-7-29-61(30-8-1)67-53-55-84-82(57-67)95-83-58-68(62-31-9-2-10-32-62)54-56-85(83)98(92-72(65-37-15-5-16-38-65)51-28-52-73(92)66-39-17-6-18-40-66)87-60-69(59-86(90(87)95)97(84)91-70(63-33-11-3-12-34-63)49-27-50-71(91)64-35-13-4-14-36-64)96-93-80-47-25-21-43-76(80)74-41-19-23-45-78(74)88(93)89-79-46-24-20-42-75(79)77-44-22-26-48-81(77)94(89)96/h1-60H. The van der Waals surface area contributed by atoms with E-state index in [1.54, 1.807) is 0 Å². The number of fused-ring (bicyclic) bond motifs is 17. The molecular formula is C94H60BN3. The van der Waals surface area contributed by atoms with E-state index in [1.165, 1.54) is 92.4 Å². The zero-order valence-corrected chi connectivity index (χ0v) is 53.6. The van der Waals surface area contributed by atoms with Gasteiger partial charge in [0.05, 0.1) is 28.1 Å². The van der Waals surface area contributed by atoms with Crippen LogP contribution in [0.25, 0.3) is 137 Å². The number of benzene rings is 17. The second-order valence-electron chi connectivity index (χ2n) is 26.1. The second-order valence-corrected chi connectivity index (χ2v) is 26.1. The smallest absolute Gasteiger partial charge is 0.252 e. The van der Waals surface area contributed by atoms with Crippen LogP contribution in [0.2, 0.25) is 0 Å². The first-order chi connectivity index (χ1) is 48.7. The van der Waals surface area contributed by atoms with Crippen LogP contribution in [-0.4, -0.2) is 11.3 Å². The number of nitrogens with zero attached hydrogens (tertiary/aromatic N) is 3. The van der Waals surface area contributed by atoms with Crippen molar-refractivity contribution in [3.8, 4) is 72.4 Å². The van der Waals surface area contributed by atoms with Crippen molar-refractivity contribution < 1.29 is 0 Å². The Bertz CT molecular complexity index is 5740. The minimum absolute atomic E-state index is 0.264. The zero-order valence-electron chi connectivity index (χ0n) is 53.6. The van der Waals surface area contributed by atoms with E-state index < -0.39 is 0 Å². The average molecular weight is 1240 g/mol. The largest absolute Gasteiger partial charge is 0.310 e. The molecular weight excluding hydrogens is 1180 g/mol. The number of rotatable bonds is 9. The van der Waals surface area contributed by atoms with Crippen LogP contribution in [0.4, 0.5) is 34.1 Å². The van der Waals surface area contributed by atoms with Gasteiger partial charge in [-0.25, -0.2) is 0 Å². The van der Waals surface area contributed by atoms with E-state index in [0.29, 0.717) is 0 Å². The van der Waals surface area contributed by atoms with Crippen LogP contribution in [0.15, 0.2) is 364 Å². The molecule has 3 nitrogen and oxygen atoms in total. The molecule has 0 bridgehead atoms. The third kappa shape index (κ3) is 8.51. The summed E-state index contributed by atoms with van der Waals surface area (Å²) >= 11 is 0. The highest BCUT2D eigenvalue weighted by atomic mass is 15.2. The van der Waals surface area contributed by atoms with Crippen molar-refractivity contribution >= 4 is 122 Å². The molecule has 98 heavy (non-hydrogen) atoms. The Kier molecular flexibility index (Phi) is 12.8. The SMILES string of the molecule is c1ccc(-c2ccc3c(c2)B2c4cc(-c5ccccc5)ccc4N(c4c(-c5ccccc5)cccc4-c4ccccc4)c4cc(-n5c6c7ccccc7c7ccccc7c6c6c7ccccc7c7ccccc7c65)cc(c42)N3c2c(-c3ccccc3)cccc2-c2ccccc2)cc1. The lowest BCUT2D eigenvalue weighted by Gasteiger charge is -2.46. The summed E-state index contributed by atoms with van der Waals surface area (Å²) in [5.41, 5.74) is 27.5. The monoisotopic (exact) mass is 1240 g/mol. The molecule has 0 aliphatic carbocycles. The van der Waals surface area contributed by atoms with Crippen LogP contribution < -0.4 is 26.2 Å². The number of anilines is 6. The average Bonchev–Trinajstić information content (AvgIpc) is 1.24. The molecule has 0 amide bonds. The summed E-state index contributed by atoms with van der Waals surface area (Å²) in [7, 11) is 0. The van der Waals surface area contributed by atoms with E-state index in [4.69, 9.17) is 0 Å². The molecule has 0 N–H and O–H groups in total. The van der Waals surface area contributed by atoms with Crippen LogP contribution in [0, 0.1) is 0 Å². The molecule has 17 aromatic carbocycles. The molecule has 2 aliphatic rings. The van der Waals surface area contributed by atoms with Gasteiger partial charge in [-0.05, 0) is 117 Å². The predicted octanol–water partition coefficient (Wildman–Crippen LogP) is 23.5. The van der Waals surface area contributed by atoms with Gasteiger partial charge in [-0.15, -0.1) is 0 Å². The fraction of sp³-hybridized carbons (Fsp3) is 0.